The molecule has 29 heavy (non-hydrogen) atoms. The molecule has 1 unspecified atom stereocenters. The number of carbonyl (C=O) groups excluding carboxylic acids is 3. The highest BCUT2D eigenvalue weighted by molar-refractivity contribution is 7.13. The van der Waals surface area contributed by atoms with Gasteiger partial charge in [-0.15, -0.1) is 11.3 Å². The number of hydrogen-bond acceptors (Lipinski definition) is 8. The van der Waals surface area contributed by atoms with Crippen molar-refractivity contribution < 1.29 is 28.8 Å². The lowest BCUT2D eigenvalue weighted by Crippen LogP contribution is -2.35. The van der Waals surface area contributed by atoms with Crippen molar-refractivity contribution in [3.05, 3.63) is 50.2 Å². The maximum Gasteiger partial charge on any atom is 0.326 e. The molecule has 2 aromatic rings. The summed E-state index contributed by atoms with van der Waals surface area (Å²) in [4.78, 5) is 47.8. The van der Waals surface area contributed by atoms with Crippen LogP contribution in [0.1, 0.15) is 21.5 Å². The van der Waals surface area contributed by atoms with Crippen LogP contribution in [0.3, 0.4) is 0 Å². The van der Waals surface area contributed by atoms with Crippen LogP contribution in [0.2, 0.25) is 0 Å². The van der Waals surface area contributed by atoms with Crippen molar-refractivity contribution in [3.63, 3.8) is 0 Å². The van der Waals surface area contributed by atoms with E-state index in [2.05, 4.69) is 10.6 Å². The van der Waals surface area contributed by atoms with Gasteiger partial charge < -0.3 is 20.1 Å². The monoisotopic (exact) mass is 421 g/mol. The highest BCUT2D eigenvalue weighted by atomic mass is 32.1. The summed E-state index contributed by atoms with van der Waals surface area (Å²) in [5.74, 6) is -1.72. The Morgan fingerprint density at radius 2 is 1.97 bits per heavy atom. The molecule has 2 rings (SSSR count). The Labute approximate surface area is 170 Å². The molecule has 1 aromatic carbocycles. The molecule has 0 saturated carbocycles. The fraction of sp³-hybridized carbons (Fsp3) is 0.278. The van der Waals surface area contributed by atoms with Crippen LogP contribution in [-0.2, 0) is 14.3 Å². The molecule has 0 spiro atoms. The van der Waals surface area contributed by atoms with E-state index < -0.39 is 35.4 Å². The van der Waals surface area contributed by atoms with Crippen molar-refractivity contribution in [2.45, 2.75) is 20.0 Å². The average Bonchev–Trinajstić information content (AvgIpc) is 3.12. The lowest BCUT2D eigenvalue weighted by molar-refractivity contribution is -0.384. The number of hydrogen-bond donors (Lipinski definition) is 2. The second-order valence-corrected chi connectivity index (χ2v) is 7.14. The van der Waals surface area contributed by atoms with E-state index in [0.717, 1.165) is 10.9 Å². The van der Waals surface area contributed by atoms with Crippen molar-refractivity contribution in [1.82, 2.24) is 5.32 Å². The number of aryl methyl sites for hydroxylation is 1. The molecule has 0 aliphatic carbocycles. The third-order valence-corrected chi connectivity index (χ3v) is 4.69. The molecular formula is C18H19N3O7S. The minimum atomic E-state index is -1.20. The van der Waals surface area contributed by atoms with Crippen LogP contribution in [0, 0.1) is 17.0 Å². The molecule has 1 aromatic heterocycles. The van der Waals surface area contributed by atoms with Crippen molar-refractivity contribution in [2.75, 3.05) is 19.0 Å². The van der Waals surface area contributed by atoms with Crippen LogP contribution >= 0.6 is 11.3 Å². The summed E-state index contributed by atoms with van der Waals surface area (Å²) < 4.78 is 10.0. The van der Waals surface area contributed by atoms with Crippen LogP contribution in [0.15, 0.2) is 30.3 Å². The highest BCUT2D eigenvalue weighted by Crippen LogP contribution is 2.29. The topological polar surface area (TPSA) is 137 Å². The fourth-order valence-corrected chi connectivity index (χ4v) is 3.01. The van der Waals surface area contributed by atoms with Gasteiger partial charge in [0, 0.05) is 17.0 Å². The number of rotatable bonds is 8. The zero-order valence-corrected chi connectivity index (χ0v) is 16.7. The Hall–Kier alpha value is -3.47. The number of non-ortho nitro benzene ring substituents is 1. The predicted molar refractivity (Wildman–Crippen MR) is 105 cm³/mol. The van der Waals surface area contributed by atoms with Crippen LogP contribution in [0.4, 0.5) is 11.4 Å². The maximum atomic E-state index is 12.3. The second kappa shape index (κ2) is 9.64. The van der Waals surface area contributed by atoms with Crippen LogP contribution < -0.4 is 15.4 Å². The largest absolute Gasteiger partial charge is 0.495 e. The number of carbonyl (C=O) groups is 3. The van der Waals surface area contributed by atoms with E-state index in [1.165, 1.54) is 37.5 Å². The molecule has 0 radical (unpaired) electrons. The molecule has 0 fully saturated rings. The summed E-state index contributed by atoms with van der Waals surface area (Å²) in [6.07, 6.45) is -1.20. The summed E-state index contributed by atoms with van der Waals surface area (Å²) >= 11 is 1.29. The summed E-state index contributed by atoms with van der Waals surface area (Å²) in [6.45, 7) is 2.78. The molecule has 11 heteroatoms. The minimum absolute atomic E-state index is 0.0657. The van der Waals surface area contributed by atoms with Crippen LogP contribution in [-0.4, -0.2) is 42.5 Å². The standard InChI is InChI=1S/C18H19N3O7S/c1-10-4-7-15(29-10)18(24)19-9-16(22)28-11(2)17(23)20-13-8-12(21(25)26)5-6-14(13)27-3/h4-8,11H,9H2,1-3H3,(H,19,24)(H,20,23). The van der Waals surface area contributed by atoms with Gasteiger partial charge in [0.1, 0.15) is 12.3 Å². The molecule has 10 nitrogen and oxygen atoms in total. The lowest BCUT2D eigenvalue weighted by atomic mass is 10.2. The number of methoxy groups -OCH3 is 1. The quantitative estimate of drug-likeness (QED) is 0.379. The first-order chi connectivity index (χ1) is 13.7. The number of nitrogens with one attached hydrogen (secondary N) is 2. The van der Waals surface area contributed by atoms with E-state index in [0.29, 0.717) is 4.88 Å². The summed E-state index contributed by atoms with van der Waals surface area (Å²) in [5.41, 5.74) is -0.173. The molecule has 2 amide bonds. The predicted octanol–water partition coefficient (Wildman–Crippen LogP) is 2.27. The Bertz CT molecular complexity index is 941. The third kappa shape index (κ3) is 6.01. The number of thiophene rings is 1. The molecule has 1 heterocycles. The van der Waals surface area contributed by atoms with Crippen LogP contribution in [0.25, 0.3) is 0 Å². The van der Waals surface area contributed by atoms with Gasteiger partial charge in [-0.2, -0.15) is 0 Å². The van der Waals surface area contributed by atoms with Gasteiger partial charge in [0.05, 0.1) is 22.6 Å². The molecule has 0 aliphatic rings. The number of nitro benzene ring substituents is 1. The Kier molecular flexibility index (Phi) is 7.26. The molecule has 0 aliphatic heterocycles. The molecule has 0 bridgehead atoms. The zero-order chi connectivity index (χ0) is 21.6. The lowest BCUT2D eigenvalue weighted by Gasteiger charge is -2.15. The Morgan fingerprint density at radius 3 is 2.55 bits per heavy atom. The van der Waals surface area contributed by atoms with Crippen LogP contribution in [0.5, 0.6) is 5.75 Å². The molecule has 2 N–H and O–H groups in total. The number of nitro groups is 1. The number of esters is 1. The van der Waals surface area contributed by atoms with Crippen molar-refractivity contribution in [2.24, 2.45) is 0 Å². The molecule has 1 atom stereocenters. The number of benzene rings is 1. The van der Waals surface area contributed by atoms with E-state index in [-0.39, 0.29) is 17.1 Å². The normalized spacial score (nSPS) is 11.3. The average molecular weight is 421 g/mol. The Balaban J connectivity index is 1.91. The Morgan fingerprint density at radius 1 is 1.24 bits per heavy atom. The third-order valence-electron chi connectivity index (χ3n) is 3.69. The van der Waals surface area contributed by atoms with Gasteiger partial charge in [0.2, 0.25) is 0 Å². The first-order valence-electron chi connectivity index (χ1n) is 8.38. The van der Waals surface area contributed by atoms with Crippen molar-refractivity contribution in [1.29, 1.82) is 0 Å². The fourth-order valence-electron chi connectivity index (χ4n) is 2.23. The number of nitrogens with zero attached hydrogens (tertiary/aromatic N) is 1. The van der Waals surface area contributed by atoms with E-state index in [1.807, 2.05) is 6.92 Å². The zero-order valence-electron chi connectivity index (χ0n) is 15.9. The van der Waals surface area contributed by atoms with Gasteiger partial charge in [-0.1, -0.05) is 0 Å². The summed E-state index contributed by atoms with van der Waals surface area (Å²) in [6, 6.07) is 7.13. The summed E-state index contributed by atoms with van der Waals surface area (Å²) in [5, 5.41) is 15.7. The number of ether oxygens (including phenoxy) is 2. The van der Waals surface area contributed by atoms with Gasteiger partial charge in [-0.05, 0) is 32.0 Å². The second-order valence-electron chi connectivity index (χ2n) is 5.86. The molecule has 0 saturated heterocycles. The minimum Gasteiger partial charge on any atom is -0.495 e. The number of anilines is 1. The first kappa shape index (κ1) is 21.8. The maximum absolute atomic E-state index is 12.3. The van der Waals surface area contributed by atoms with Crippen molar-refractivity contribution >= 4 is 40.5 Å². The smallest absolute Gasteiger partial charge is 0.326 e. The van der Waals surface area contributed by atoms with E-state index >= 15 is 0 Å². The van der Waals surface area contributed by atoms with Gasteiger partial charge in [-0.3, -0.25) is 24.5 Å². The van der Waals surface area contributed by atoms with Gasteiger partial charge in [0.25, 0.3) is 17.5 Å². The SMILES string of the molecule is COc1ccc([N+](=O)[O-])cc1NC(=O)C(C)OC(=O)CNC(=O)c1ccc(C)s1. The van der Waals surface area contributed by atoms with Gasteiger partial charge >= 0.3 is 5.97 Å². The van der Waals surface area contributed by atoms with Crippen molar-refractivity contribution in [3.8, 4) is 5.75 Å². The van der Waals surface area contributed by atoms with E-state index in [9.17, 15) is 24.5 Å². The summed E-state index contributed by atoms with van der Waals surface area (Å²) in [7, 11) is 1.35. The first-order valence-corrected chi connectivity index (χ1v) is 9.20. The van der Waals surface area contributed by atoms with E-state index in [1.54, 1.807) is 12.1 Å². The molecule has 154 valence electrons. The van der Waals surface area contributed by atoms with E-state index in [4.69, 9.17) is 9.47 Å². The number of amides is 2. The molecular weight excluding hydrogens is 402 g/mol. The van der Waals surface area contributed by atoms with Gasteiger partial charge in [0.15, 0.2) is 6.10 Å². The van der Waals surface area contributed by atoms with Gasteiger partial charge in [-0.25, -0.2) is 0 Å². The highest BCUT2D eigenvalue weighted by Gasteiger charge is 2.21.